The van der Waals surface area contributed by atoms with Gasteiger partial charge in [0.05, 0.1) is 0 Å². The van der Waals surface area contributed by atoms with Crippen LogP contribution in [-0.4, -0.2) is 7.28 Å². The van der Waals surface area contributed by atoms with Crippen LogP contribution in [-0.2, 0) is 0 Å². The van der Waals surface area contributed by atoms with Gasteiger partial charge >= 0.3 is 0 Å². The molecule has 0 heterocycles. The van der Waals surface area contributed by atoms with Crippen molar-refractivity contribution in [1.29, 1.82) is 0 Å². The number of hydrogen-bond acceptors (Lipinski definition) is 0. The van der Waals surface area contributed by atoms with Crippen LogP contribution in [0.1, 0.15) is 0 Å². The van der Waals surface area contributed by atoms with Crippen LogP contribution in [0.3, 0.4) is 0 Å². The minimum Gasteiger partial charge on any atom is -0.0814 e. The van der Waals surface area contributed by atoms with E-state index >= 15 is 0 Å². The molecule has 0 unspecified atom stereocenters. The van der Waals surface area contributed by atoms with Crippen LogP contribution >= 0.6 is 0 Å². The highest BCUT2D eigenvalue weighted by atomic mass is 13.8. The summed E-state index contributed by atoms with van der Waals surface area (Å²) in [6, 6.07) is 20.7. The smallest absolute Gasteiger partial charge is 0.0814 e. The summed E-state index contributed by atoms with van der Waals surface area (Å²) < 4.78 is 0. The maximum Gasteiger partial charge on any atom is 0.191 e. The topological polar surface area (TPSA) is 0 Å². The van der Waals surface area contributed by atoms with E-state index in [1.165, 1.54) is 10.9 Å². The van der Waals surface area contributed by atoms with Crippen molar-refractivity contribution in [2.75, 3.05) is 0 Å². The highest BCUT2D eigenvalue weighted by Gasteiger charge is 1.95. The fourth-order valence-corrected chi connectivity index (χ4v) is 1.29. The summed E-state index contributed by atoms with van der Waals surface area (Å²) in [6.45, 7) is 0. The minimum atomic E-state index is 1.24. The Hall–Kier alpha value is -1.50. The van der Waals surface area contributed by atoms with Crippen LogP contribution in [0.15, 0.2) is 60.7 Å². The molecule has 61 valence electrons. The Morgan fingerprint density at radius 1 is 0.538 bits per heavy atom. The fourth-order valence-electron chi connectivity index (χ4n) is 1.29. The quantitative estimate of drug-likeness (QED) is 0.589. The summed E-state index contributed by atoms with van der Waals surface area (Å²) in [5, 5.41) is 0. The molecule has 0 aliphatic carbocycles. The predicted molar refractivity (Wildman–Crippen MR) is 57.9 cm³/mol. The van der Waals surface area contributed by atoms with Gasteiger partial charge in [0.15, 0.2) is 7.28 Å². The first-order valence-corrected chi connectivity index (χ1v) is 4.40. The molecule has 0 amide bonds. The maximum atomic E-state index is 2.17. The Kier molecular flexibility index (Phi) is 2.47. The van der Waals surface area contributed by atoms with Gasteiger partial charge in [-0.3, -0.25) is 0 Å². The van der Waals surface area contributed by atoms with E-state index in [1.54, 1.807) is 0 Å². The van der Waals surface area contributed by atoms with Gasteiger partial charge in [-0.2, -0.15) is 0 Å². The van der Waals surface area contributed by atoms with E-state index < -0.39 is 0 Å². The van der Waals surface area contributed by atoms with Crippen molar-refractivity contribution in [2.24, 2.45) is 0 Å². The standard InChI is InChI=1S/C12H10B/c1-3-7-11(8-4-1)13-12-9-5-2-6-10-12/h1-10H. The summed E-state index contributed by atoms with van der Waals surface area (Å²) in [5.41, 5.74) is 2.49. The first-order chi connectivity index (χ1) is 6.45. The number of hydrogen-bond donors (Lipinski definition) is 0. The maximum absolute atomic E-state index is 2.17. The molecule has 0 fully saturated rings. The van der Waals surface area contributed by atoms with Gasteiger partial charge in [0, 0.05) is 0 Å². The van der Waals surface area contributed by atoms with Gasteiger partial charge in [-0.25, -0.2) is 0 Å². The van der Waals surface area contributed by atoms with Crippen LogP contribution in [0.5, 0.6) is 0 Å². The molecule has 1 radical (unpaired) electrons. The van der Waals surface area contributed by atoms with E-state index in [2.05, 4.69) is 55.8 Å². The average Bonchev–Trinajstić information content (AvgIpc) is 2.21. The van der Waals surface area contributed by atoms with Gasteiger partial charge in [0.1, 0.15) is 0 Å². The first-order valence-electron chi connectivity index (χ1n) is 4.40. The van der Waals surface area contributed by atoms with Crippen molar-refractivity contribution in [1.82, 2.24) is 0 Å². The molecule has 13 heavy (non-hydrogen) atoms. The second-order valence-corrected chi connectivity index (χ2v) is 2.97. The Labute approximate surface area is 79.5 Å². The van der Waals surface area contributed by atoms with E-state index in [1.807, 2.05) is 12.1 Å². The summed E-state index contributed by atoms with van der Waals surface area (Å²) in [4.78, 5) is 0. The molecule has 2 rings (SSSR count). The van der Waals surface area contributed by atoms with Crippen molar-refractivity contribution < 1.29 is 0 Å². The number of rotatable bonds is 2. The second-order valence-electron chi connectivity index (χ2n) is 2.97. The van der Waals surface area contributed by atoms with Crippen molar-refractivity contribution in [3.8, 4) is 0 Å². The van der Waals surface area contributed by atoms with E-state index in [9.17, 15) is 0 Å². The van der Waals surface area contributed by atoms with Crippen molar-refractivity contribution in [3.05, 3.63) is 60.7 Å². The molecule has 0 spiro atoms. The molecule has 0 aliphatic rings. The molecule has 0 atom stereocenters. The van der Waals surface area contributed by atoms with Crippen LogP contribution in [0.2, 0.25) is 0 Å². The van der Waals surface area contributed by atoms with Gasteiger partial charge in [-0.15, -0.1) is 0 Å². The van der Waals surface area contributed by atoms with E-state index in [-0.39, 0.29) is 0 Å². The Balaban J connectivity index is 2.16. The van der Waals surface area contributed by atoms with Crippen LogP contribution in [0, 0.1) is 0 Å². The molecule has 0 aromatic heterocycles. The molecular formula is C12H10B. The number of benzene rings is 2. The minimum absolute atomic E-state index is 1.24. The molecule has 1 heteroatoms. The van der Waals surface area contributed by atoms with Gasteiger partial charge in [0.25, 0.3) is 0 Å². The predicted octanol–water partition coefficient (Wildman–Crippen LogP) is 1.34. The Morgan fingerprint density at radius 3 is 1.31 bits per heavy atom. The third-order valence-electron chi connectivity index (χ3n) is 1.93. The SMILES string of the molecule is [B](c1ccccc1)c1ccccc1. The van der Waals surface area contributed by atoms with Gasteiger partial charge in [-0.05, 0) is 0 Å². The first kappa shape index (κ1) is 8.12. The van der Waals surface area contributed by atoms with E-state index in [0.717, 1.165) is 0 Å². The second kappa shape index (κ2) is 3.95. The zero-order valence-corrected chi connectivity index (χ0v) is 7.35. The Bertz CT molecular complexity index is 316. The molecule has 0 bridgehead atoms. The summed E-state index contributed by atoms with van der Waals surface area (Å²) in [7, 11) is 2.17. The van der Waals surface area contributed by atoms with E-state index in [4.69, 9.17) is 0 Å². The molecule has 0 saturated carbocycles. The van der Waals surface area contributed by atoms with Gasteiger partial charge in [0.2, 0.25) is 0 Å². The molecular weight excluding hydrogens is 155 g/mol. The lowest BCUT2D eigenvalue weighted by molar-refractivity contribution is 1.75. The molecule has 0 N–H and O–H groups in total. The summed E-state index contributed by atoms with van der Waals surface area (Å²) in [6.07, 6.45) is 0. The molecule has 0 saturated heterocycles. The van der Waals surface area contributed by atoms with Gasteiger partial charge in [-0.1, -0.05) is 71.6 Å². The fraction of sp³-hybridized carbons (Fsp3) is 0. The highest BCUT2D eigenvalue weighted by molar-refractivity contribution is 6.67. The molecule has 0 aliphatic heterocycles. The summed E-state index contributed by atoms with van der Waals surface area (Å²) in [5.74, 6) is 0. The van der Waals surface area contributed by atoms with Crippen LogP contribution in [0.4, 0.5) is 0 Å². The monoisotopic (exact) mass is 165 g/mol. The third-order valence-corrected chi connectivity index (χ3v) is 1.93. The summed E-state index contributed by atoms with van der Waals surface area (Å²) >= 11 is 0. The third kappa shape index (κ3) is 2.22. The molecule has 2 aromatic rings. The van der Waals surface area contributed by atoms with Crippen LogP contribution in [0.25, 0.3) is 0 Å². The largest absolute Gasteiger partial charge is 0.191 e. The normalized spacial score (nSPS) is 9.54. The molecule has 0 nitrogen and oxygen atoms in total. The highest BCUT2D eigenvalue weighted by Crippen LogP contribution is 1.84. The zero-order valence-electron chi connectivity index (χ0n) is 7.35. The Morgan fingerprint density at radius 2 is 0.923 bits per heavy atom. The lowest BCUT2D eigenvalue weighted by Gasteiger charge is -1.98. The average molecular weight is 165 g/mol. The lowest BCUT2D eigenvalue weighted by Crippen LogP contribution is -2.26. The zero-order chi connectivity index (χ0) is 8.93. The van der Waals surface area contributed by atoms with Crippen molar-refractivity contribution in [2.45, 2.75) is 0 Å². The van der Waals surface area contributed by atoms with Crippen molar-refractivity contribution >= 4 is 18.2 Å². The molecule has 2 aromatic carbocycles. The van der Waals surface area contributed by atoms with Crippen LogP contribution < -0.4 is 10.9 Å². The lowest BCUT2D eigenvalue weighted by atomic mass is 9.64. The van der Waals surface area contributed by atoms with Crippen molar-refractivity contribution in [3.63, 3.8) is 0 Å². The van der Waals surface area contributed by atoms with Gasteiger partial charge < -0.3 is 0 Å². The van der Waals surface area contributed by atoms with E-state index in [0.29, 0.717) is 0 Å².